The molecule has 1 aromatic heterocycles. The Morgan fingerprint density at radius 3 is 2.90 bits per heavy atom. The summed E-state index contributed by atoms with van der Waals surface area (Å²) in [6.07, 6.45) is 5.10. The van der Waals surface area contributed by atoms with Gasteiger partial charge in [0.15, 0.2) is 11.5 Å². The maximum absolute atomic E-state index is 11.6. The lowest BCUT2D eigenvalue weighted by Gasteiger charge is -2.23. The minimum absolute atomic E-state index is 0.235. The van der Waals surface area contributed by atoms with E-state index in [0.717, 1.165) is 23.2 Å². The lowest BCUT2D eigenvalue weighted by atomic mass is 9.79. The monoisotopic (exact) mass is 269 g/mol. The van der Waals surface area contributed by atoms with Gasteiger partial charge in [-0.1, -0.05) is 12.1 Å². The van der Waals surface area contributed by atoms with Crippen molar-refractivity contribution in [2.24, 2.45) is 0 Å². The summed E-state index contributed by atoms with van der Waals surface area (Å²) in [5.41, 5.74) is 1.34. The summed E-state index contributed by atoms with van der Waals surface area (Å²) in [5, 5.41) is 0. The highest BCUT2D eigenvalue weighted by atomic mass is 16.7. The van der Waals surface area contributed by atoms with Crippen molar-refractivity contribution in [1.82, 2.24) is 4.98 Å². The third-order valence-corrected chi connectivity index (χ3v) is 3.59. The SMILES string of the molecule is CC(C=O)(Cc1cccnc1)c1ccc2c(c1)OCO2. The van der Waals surface area contributed by atoms with E-state index in [9.17, 15) is 4.79 Å². The second-order valence-corrected chi connectivity index (χ2v) is 5.14. The first kappa shape index (κ1) is 12.7. The molecular formula is C16H15NO3. The normalized spacial score (nSPS) is 15.7. The molecule has 1 aliphatic rings. The van der Waals surface area contributed by atoms with E-state index in [-0.39, 0.29) is 6.79 Å². The smallest absolute Gasteiger partial charge is 0.231 e. The molecule has 0 bridgehead atoms. The molecule has 0 N–H and O–H groups in total. The third-order valence-electron chi connectivity index (χ3n) is 3.59. The Labute approximate surface area is 117 Å². The Bertz CT molecular complexity index is 627. The summed E-state index contributed by atoms with van der Waals surface area (Å²) in [6, 6.07) is 9.50. The predicted molar refractivity (Wildman–Crippen MR) is 73.9 cm³/mol. The lowest BCUT2D eigenvalue weighted by molar-refractivity contribution is -0.112. The Morgan fingerprint density at radius 1 is 1.30 bits per heavy atom. The molecule has 0 saturated carbocycles. The van der Waals surface area contributed by atoms with Gasteiger partial charge in [0.2, 0.25) is 6.79 Å². The molecular weight excluding hydrogens is 254 g/mol. The molecule has 0 amide bonds. The highest BCUT2D eigenvalue weighted by Crippen LogP contribution is 2.37. The molecule has 4 nitrogen and oxygen atoms in total. The third kappa shape index (κ3) is 2.25. The van der Waals surface area contributed by atoms with Gasteiger partial charge in [0.1, 0.15) is 6.29 Å². The number of carbonyl (C=O) groups excluding carboxylic acids is 1. The number of aldehydes is 1. The van der Waals surface area contributed by atoms with Gasteiger partial charge in [0.25, 0.3) is 0 Å². The van der Waals surface area contributed by atoms with Gasteiger partial charge < -0.3 is 14.3 Å². The second kappa shape index (κ2) is 4.96. The minimum Gasteiger partial charge on any atom is -0.454 e. The summed E-state index contributed by atoms with van der Waals surface area (Å²) in [7, 11) is 0. The fourth-order valence-corrected chi connectivity index (χ4v) is 2.39. The number of hydrogen-bond acceptors (Lipinski definition) is 4. The van der Waals surface area contributed by atoms with Gasteiger partial charge in [0, 0.05) is 12.4 Å². The van der Waals surface area contributed by atoms with Gasteiger partial charge in [0.05, 0.1) is 5.41 Å². The van der Waals surface area contributed by atoms with Crippen LogP contribution in [0.5, 0.6) is 11.5 Å². The van der Waals surface area contributed by atoms with E-state index in [2.05, 4.69) is 4.98 Å². The van der Waals surface area contributed by atoms with Crippen LogP contribution in [0.2, 0.25) is 0 Å². The summed E-state index contributed by atoms with van der Waals surface area (Å²) in [5.74, 6) is 1.42. The van der Waals surface area contributed by atoms with Gasteiger partial charge in [-0.15, -0.1) is 0 Å². The molecule has 2 aromatic rings. The van der Waals surface area contributed by atoms with E-state index in [0.29, 0.717) is 12.2 Å². The molecule has 0 fully saturated rings. The van der Waals surface area contributed by atoms with Crippen molar-refractivity contribution in [2.75, 3.05) is 6.79 Å². The van der Waals surface area contributed by atoms with Crippen molar-refractivity contribution in [3.8, 4) is 11.5 Å². The molecule has 1 atom stereocenters. The van der Waals surface area contributed by atoms with E-state index < -0.39 is 5.41 Å². The van der Waals surface area contributed by atoms with Gasteiger partial charge in [-0.25, -0.2) is 0 Å². The molecule has 0 radical (unpaired) electrons. The molecule has 3 rings (SSSR count). The highest BCUT2D eigenvalue weighted by Gasteiger charge is 2.28. The van der Waals surface area contributed by atoms with Crippen LogP contribution in [0.1, 0.15) is 18.1 Å². The Balaban J connectivity index is 1.94. The number of ether oxygens (including phenoxy) is 2. The number of rotatable bonds is 4. The van der Waals surface area contributed by atoms with E-state index in [1.54, 1.807) is 12.4 Å². The number of hydrogen-bond donors (Lipinski definition) is 0. The second-order valence-electron chi connectivity index (χ2n) is 5.14. The predicted octanol–water partition coefficient (Wildman–Crippen LogP) is 2.51. The van der Waals surface area contributed by atoms with Crippen LogP contribution < -0.4 is 9.47 Å². The molecule has 2 heterocycles. The standard InChI is InChI=1S/C16H15NO3/c1-16(10-18,8-12-3-2-6-17-9-12)13-4-5-14-15(7-13)20-11-19-14/h2-7,9-10H,8,11H2,1H3. The highest BCUT2D eigenvalue weighted by molar-refractivity contribution is 5.69. The van der Waals surface area contributed by atoms with E-state index in [1.165, 1.54) is 0 Å². The Kier molecular flexibility index (Phi) is 3.14. The summed E-state index contributed by atoms with van der Waals surface area (Å²) in [4.78, 5) is 15.7. The largest absolute Gasteiger partial charge is 0.454 e. The maximum Gasteiger partial charge on any atom is 0.231 e. The van der Waals surface area contributed by atoms with Crippen LogP contribution in [-0.2, 0) is 16.6 Å². The zero-order valence-electron chi connectivity index (χ0n) is 11.2. The van der Waals surface area contributed by atoms with Crippen molar-refractivity contribution >= 4 is 6.29 Å². The van der Waals surface area contributed by atoms with Crippen LogP contribution in [-0.4, -0.2) is 18.1 Å². The number of fused-ring (bicyclic) bond motifs is 1. The fraction of sp³-hybridized carbons (Fsp3) is 0.250. The molecule has 1 aliphatic heterocycles. The summed E-state index contributed by atoms with van der Waals surface area (Å²) >= 11 is 0. The minimum atomic E-state index is -0.607. The zero-order chi connectivity index (χ0) is 14.0. The Hall–Kier alpha value is -2.36. The Morgan fingerprint density at radius 2 is 2.15 bits per heavy atom. The van der Waals surface area contributed by atoms with Gasteiger partial charge in [-0.05, 0) is 42.7 Å². The van der Waals surface area contributed by atoms with Crippen LogP contribution in [0, 0.1) is 0 Å². The van der Waals surface area contributed by atoms with Gasteiger partial charge in [-0.3, -0.25) is 4.98 Å². The van der Waals surface area contributed by atoms with E-state index in [1.807, 2.05) is 37.3 Å². The van der Waals surface area contributed by atoms with Crippen LogP contribution in [0.4, 0.5) is 0 Å². The average molecular weight is 269 g/mol. The van der Waals surface area contributed by atoms with Gasteiger partial charge >= 0.3 is 0 Å². The molecule has 1 aromatic carbocycles. The molecule has 102 valence electrons. The molecule has 0 aliphatic carbocycles. The van der Waals surface area contributed by atoms with Crippen LogP contribution >= 0.6 is 0 Å². The van der Waals surface area contributed by atoms with Crippen molar-refractivity contribution < 1.29 is 14.3 Å². The topological polar surface area (TPSA) is 48.4 Å². The maximum atomic E-state index is 11.6. The zero-order valence-corrected chi connectivity index (χ0v) is 11.2. The van der Waals surface area contributed by atoms with Crippen LogP contribution in [0.15, 0.2) is 42.7 Å². The quantitative estimate of drug-likeness (QED) is 0.800. The fourth-order valence-electron chi connectivity index (χ4n) is 2.39. The average Bonchev–Trinajstić information content (AvgIpc) is 2.95. The van der Waals surface area contributed by atoms with E-state index >= 15 is 0 Å². The van der Waals surface area contributed by atoms with Crippen LogP contribution in [0.25, 0.3) is 0 Å². The number of aromatic nitrogens is 1. The summed E-state index contributed by atoms with van der Waals surface area (Å²) in [6.45, 7) is 2.16. The van der Waals surface area contributed by atoms with Crippen molar-refractivity contribution in [3.05, 3.63) is 53.9 Å². The number of carbonyl (C=O) groups is 1. The van der Waals surface area contributed by atoms with Crippen molar-refractivity contribution in [2.45, 2.75) is 18.8 Å². The lowest BCUT2D eigenvalue weighted by Crippen LogP contribution is -2.26. The molecule has 20 heavy (non-hydrogen) atoms. The van der Waals surface area contributed by atoms with Crippen molar-refractivity contribution in [3.63, 3.8) is 0 Å². The molecule has 0 saturated heterocycles. The summed E-state index contributed by atoms with van der Waals surface area (Å²) < 4.78 is 10.7. The molecule has 1 unspecified atom stereocenters. The molecule has 4 heteroatoms. The number of pyridine rings is 1. The van der Waals surface area contributed by atoms with Crippen LogP contribution in [0.3, 0.4) is 0 Å². The van der Waals surface area contributed by atoms with Crippen molar-refractivity contribution in [1.29, 1.82) is 0 Å². The number of nitrogens with zero attached hydrogens (tertiary/aromatic N) is 1. The number of benzene rings is 1. The first-order valence-corrected chi connectivity index (χ1v) is 6.47. The first-order chi connectivity index (χ1) is 9.71. The first-order valence-electron chi connectivity index (χ1n) is 6.47. The molecule has 0 spiro atoms. The van der Waals surface area contributed by atoms with Gasteiger partial charge in [-0.2, -0.15) is 0 Å². The van der Waals surface area contributed by atoms with E-state index in [4.69, 9.17) is 9.47 Å².